The van der Waals surface area contributed by atoms with Crippen LogP contribution >= 0.6 is 12.4 Å². The summed E-state index contributed by atoms with van der Waals surface area (Å²) in [6, 6.07) is 6.30. The number of hydrogen-bond acceptors (Lipinski definition) is 5. The number of ether oxygens (including phenoxy) is 2. The smallest absolute Gasteiger partial charge is 0.316 e. The molecule has 1 aromatic heterocycles. The molecule has 120 valence electrons. The molecule has 1 saturated heterocycles. The van der Waals surface area contributed by atoms with E-state index in [0.717, 1.165) is 36.3 Å². The molecule has 2 heterocycles. The number of hydrogen-bond donors (Lipinski definition) is 0. The van der Waals surface area contributed by atoms with E-state index in [-0.39, 0.29) is 12.4 Å². The van der Waals surface area contributed by atoms with Crippen LogP contribution in [0.2, 0.25) is 0 Å². The molecule has 0 aliphatic carbocycles. The summed E-state index contributed by atoms with van der Waals surface area (Å²) in [5.74, 6) is 1.51. The summed E-state index contributed by atoms with van der Waals surface area (Å²) < 4.78 is 11.0. The van der Waals surface area contributed by atoms with E-state index in [1.165, 1.54) is 12.8 Å². The molecule has 1 fully saturated rings. The van der Waals surface area contributed by atoms with Crippen LogP contribution in [0.25, 0.3) is 10.9 Å². The van der Waals surface area contributed by atoms with Gasteiger partial charge in [-0.2, -0.15) is 4.98 Å². The van der Waals surface area contributed by atoms with Gasteiger partial charge in [0.05, 0.1) is 19.2 Å². The minimum absolute atomic E-state index is 0. The molecule has 2 aromatic rings. The first kappa shape index (κ1) is 16.8. The molecule has 0 radical (unpaired) electrons. The Labute approximate surface area is 137 Å². The van der Waals surface area contributed by atoms with Crippen molar-refractivity contribution in [3.8, 4) is 11.8 Å². The Morgan fingerprint density at radius 2 is 2.05 bits per heavy atom. The third-order valence-electron chi connectivity index (χ3n) is 4.04. The van der Waals surface area contributed by atoms with Crippen molar-refractivity contribution in [3.63, 3.8) is 0 Å². The van der Waals surface area contributed by atoms with Crippen molar-refractivity contribution in [2.75, 3.05) is 33.9 Å². The SMILES string of the molecule is COc1ncc2ccc(OCC3CCN(C)CC3)cc2n1.Cl. The first-order chi connectivity index (χ1) is 10.2. The Morgan fingerprint density at radius 1 is 1.27 bits per heavy atom. The number of piperidine rings is 1. The maximum atomic E-state index is 5.94. The highest BCUT2D eigenvalue weighted by atomic mass is 35.5. The number of benzene rings is 1. The Balaban J connectivity index is 0.00000176. The summed E-state index contributed by atoms with van der Waals surface area (Å²) >= 11 is 0. The van der Waals surface area contributed by atoms with Crippen molar-refractivity contribution < 1.29 is 9.47 Å². The standard InChI is InChI=1S/C16H21N3O2.ClH/c1-19-7-5-12(6-8-19)11-21-14-4-3-13-10-17-16(20-2)18-15(13)9-14;/h3-4,9-10,12H,5-8,11H2,1-2H3;1H. The zero-order valence-electron chi connectivity index (χ0n) is 13.0. The summed E-state index contributed by atoms with van der Waals surface area (Å²) in [5.41, 5.74) is 0.850. The van der Waals surface area contributed by atoms with Gasteiger partial charge in [-0.1, -0.05) is 0 Å². The van der Waals surface area contributed by atoms with Gasteiger partial charge in [-0.05, 0) is 51.0 Å². The zero-order chi connectivity index (χ0) is 14.7. The van der Waals surface area contributed by atoms with Crippen molar-refractivity contribution in [1.82, 2.24) is 14.9 Å². The molecule has 5 nitrogen and oxygen atoms in total. The van der Waals surface area contributed by atoms with Crippen LogP contribution in [0, 0.1) is 5.92 Å². The van der Waals surface area contributed by atoms with Gasteiger partial charge in [0.2, 0.25) is 0 Å². The summed E-state index contributed by atoms with van der Waals surface area (Å²) in [5, 5.41) is 0.988. The fourth-order valence-electron chi connectivity index (χ4n) is 2.62. The molecule has 0 atom stereocenters. The van der Waals surface area contributed by atoms with Gasteiger partial charge in [-0.3, -0.25) is 0 Å². The first-order valence-corrected chi connectivity index (χ1v) is 7.37. The molecular weight excluding hydrogens is 302 g/mol. The van der Waals surface area contributed by atoms with Crippen LogP contribution in [0.3, 0.4) is 0 Å². The van der Waals surface area contributed by atoms with Crippen molar-refractivity contribution in [2.24, 2.45) is 5.92 Å². The first-order valence-electron chi connectivity index (χ1n) is 7.37. The number of aromatic nitrogens is 2. The molecule has 0 bridgehead atoms. The fourth-order valence-corrected chi connectivity index (χ4v) is 2.62. The predicted octanol–water partition coefficient (Wildman–Crippen LogP) is 2.78. The molecule has 0 amide bonds. The molecular formula is C16H22ClN3O2. The second kappa shape index (κ2) is 7.61. The van der Waals surface area contributed by atoms with E-state index in [1.54, 1.807) is 13.3 Å². The monoisotopic (exact) mass is 323 g/mol. The molecule has 0 unspecified atom stereocenters. The average Bonchev–Trinajstić information content (AvgIpc) is 2.53. The number of nitrogens with zero attached hydrogens (tertiary/aromatic N) is 3. The largest absolute Gasteiger partial charge is 0.493 e. The maximum Gasteiger partial charge on any atom is 0.316 e. The molecule has 1 aliphatic rings. The van der Waals surface area contributed by atoms with Crippen LogP contribution in [0.4, 0.5) is 0 Å². The molecule has 0 spiro atoms. The molecule has 3 rings (SSSR count). The van der Waals surface area contributed by atoms with E-state index in [4.69, 9.17) is 9.47 Å². The second-order valence-electron chi connectivity index (χ2n) is 5.63. The highest BCUT2D eigenvalue weighted by Crippen LogP contribution is 2.22. The van der Waals surface area contributed by atoms with Crippen molar-refractivity contribution >= 4 is 23.3 Å². The third kappa shape index (κ3) is 3.99. The van der Waals surface area contributed by atoms with Gasteiger partial charge in [0.15, 0.2) is 0 Å². The van der Waals surface area contributed by atoms with E-state index in [0.29, 0.717) is 11.9 Å². The normalized spacial score (nSPS) is 16.3. The van der Waals surface area contributed by atoms with E-state index in [1.807, 2.05) is 18.2 Å². The van der Waals surface area contributed by atoms with Crippen LogP contribution in [0.5, 0.6) is 11.8 Å². The van der Waals surface area contributed by atoms with Crippen molar-refractivity contribution in [2.45, 2.75) is 12.8 Å². The summed E-state index contributed by atoms with van der Waals surface area (Å²) in [4.78, 5) is 10.8. The van der Waals surface area contributed by atoms with Gasteiger partial charge in [0, 0.05) is 17.6 Å². The zero-order valence-corrected chi connectivity index (χ0v) is 13.8. The van der Waals surface area contributed by atoms with Gasteiger partial charge in [0.25, 0.3) is 0 Å². The number of methoxy groups -OCH3 is 1. The minimum atomic E-state index is 0. The number of halogens is 1. The Morgan fingerprint density at radius 3 is 2.77 bits per heavy atom. The quantitative estimate of drug-likeness (QED) is 0.866. The average molecular weight is 324 g/mol. The lowest BCUT2D eigenvalue weighted by Crippen LogP contribution is -2.32. The van der Waals surface area contributed by atoms with Crippen molar-refractivity contribution in [1.29, 1.82) is 0 Å². The lowest BCUT2D eigenvalue weighted by atomic mass is 9.98. The fraction of sp³-hybridized carbons (Fsp3) is 0.500. The van der Waals surface area contributed by atoms with Crippen LogP contribution in [-0.4, -0.2) is 48.7 Å². The molecule has 0 saturated carbocycles. The lowest BCUT2D eigenvalue weighted by molar-refractivity contribution is 0.160. The maximum absolute atomic E-state index is 5.94. The number of fused-ring (bicyclic) bond motifs is 1. The Bertz CT molecular complexity index is 615. The van der Waals surface area contributed by atoms with E-state index in [2.05, 4.69) is 21.9 Å². The number of rotatable bonds is 4. The Hall–Kier alpha value is -1.59. The third-order valence-corrected chi connectivity index (χ3v) is 4.04. The second-order valence-corrected chi connectivity index (χ2v) is 5.63. The Kier molecular flexibility index (Phi) is 5.80. The van der Waals surface area contributed by atoms with E-state index < -0.39 is 0 Å². The molecule has 1 aromatic carbocycles. The van der Waals surface area contributed by atoms with E-state index in [9.17, 15) is 0 Å². The molecule has 0 N–H and O–H groups in total. The van der Waals surface area contributed by atoms with E-state index >= 15 is 0 Å². The molecule has 22 heavy (non-hydrogen) atoms. The minimum Gasteiger partial charge on any atom is -0.493 e. The van der Waals surface area contributed by atoms with Crippen LogP contribution in [-0.2, 0) is 0 Å². The van der Waals surface area contributed by atoms with Gasteiger partial charge >= 0.3 is 6.01 Å². The van der Waals surface area contributed by atoms with Gasteiger partial charge < -0.3 is 14.4 Å². The summed E-state index contributed by atoms with van der Waals surface area (Å²) in [6.07, 6.45) is 4.18. The molecule has 6 heteroatoms. The van der Waals surface area contributed by atoms with Gasteiger partial charge in [0.1, 0.15) is 5.75 Å². The topological polar surface area (TPSA) is 47.5 Å². The molecule has 1 aliphatic heterocycles. The van der Waals surface area contributed by atoms with Gasteiger partial charge in [-0.25, -0.2) is 4.98 Å². The predicted molar refractivity (Wildman–Crippen MR) is 89.1 cm³/mol. The van der Waals surface area contributed by atoms with Crippen LogP contribution in [0.1, 0.15) is 12.8 Å². The highest BCUT2D eigenvalue weighted by Gasteiger charge is 2.17. The van der Waals surface area contributed by atoms with Crippen LogP contribution < -0.4 is 9.47 Å². The van der Waals surface area contributed by atoms with Crippen LogP contribution in [0.15, 0.2) is 24.4 Å². The van der Waals surface area contributed by atoms with Gasteiger partial charge in [-0.15, -0.1) is 12.4 Å². The van der Waals surface area contributed by atoms with Crippen molar-refractivity contribution in [3.05, 3.63) is 24.4 Å². The summed E-state index contributed by atoms with van der Waals surface area (Å²) in [6.45, 7) is 3.11. The number of likely N-dealkylation sites (tertiary alicyclic amines) is 1. The highest BCUT2D eigenvalue weighted by molar-refractivity contribution is 5.85. The lowest BCUT2D eigenvalue weighted by Gasteiger charge is -2.28. The summed E-state index contributed by atoms with van der Waals surface area (Å²) in [7, 11) is 3.75.